The Morgan fingerprint density at radius 3 is 2.33 bits per heavy atom. The maximum absolute atomic E-state index is 5.76. The van der Waals surface area contributed by atoms with Gasteiger partial charge in [0, 0.05) is 5.33 Å². The number of rotatable bonds is 6. The molecule has 0 radical (unpaired) electrons. The van der Waals surface area contributed by atoms with Crippen molar-refractivity contribution in [3.8, 4) is 5.75 Å². The molecule has 0 spiro atoms. The van der Waals surface area contributed by atoms with Gasteiger partial charge in [0.05, 0.1) is 6.61 Å². The minimum absolute atomic E-state index is 0.567. The lowest BCUT2D eigenvalue weighted by atomic mass is 9.87. The van der Waals surface area contributed by atoms with E-state index in [0.29, 0.717) is 17.8 Å². The summed E-state index contributed by atoms with van der Waals surface area (Å²) in [5, 5.41) is 1.04. The summed E-state index contributed by atoms with van der Waals surface area (Å²) >= 11 is 3.57. The van der Waals surface area contributed by atoms with Gasteiger partial charge in [-0.1, -0.05) is 49.7 Å². The Labute approximate surface area is 120 Å². The molecule has 0 aromatic heterocycles. The van der Waals surface area contributed by atoms with E-state index in [1.807, 2.05) is 0 Å². The molecule has 1 aromatic rings. The molecule has 2 atom stereocenters. The predicted molar refractivity (Wildman–Crippen MR) is 82.9 cm³/mol. The number of benzene rings is 1. The normalized spacial score (nSPS) is 14.6. The highest BCUT2D eigenvalue weighted by Crippen LogP contribution is 2.30. The van der Waals surface area contributed by atoms with Crippen molar-refractivity contribution in [2.45, 2.75) is 40.5 Å². The van der Waals surface area contributed by atoms with Gasteiger partial charge >= 0.3 is 0 Å². The first-order chi connectivity index (χ1) is 8.45. The highest BCUT2D eigenvalue weighted by atomic mass is 79.9. The molecule has 18 heavy (non-hydrogen) atoms. The third-order valence-corrected chi connectivity index (χ3v) is 4.43. The molecule has 0 bridgehead atoms. The van der Waals surface area contributed by atoms with E-state index in [9.17, 15) is 0 Å². The van der Waals surface area contributed by atoms with E-state index in [2.05, 4.69) is 68.7 Å². The lowest BCUT2D eigenvalue weighted by molar-refractivity contribution is 0.271. The van der Waals surface area contributed by atoms with Gasteiger partial charge < -0.3 is 4.74 Å². The van der Waals surface area contributed by atoms with Gasteiger partial charge in [0.25, 0.3) is 0 Å². The van der Waals surface area contributed by atoms with Crippen LogP contribution in [-0.2, 0) is 0 Å². The van der Waals surface area contributed by atoms with Crippen LogP contribution < -0.4 is 4.74 Å². The number of alkyl halides is 1. The Balaban J connectivity index is 2.79. The van der Waals surface area contributed by atoms with Crippen LogP contribution in [0.15, 0.2) is 18.2 Å². The zero-order valence-corrected chi connectivity index (χ0v) is 13.8. The van der Waals surface area contributed by atoms with Gasteiger partial charge in [-0.25, -0.2) is 0 Å². The molecule has 0 heterocycles. The maximum atomic E-state index is 5.76. The Hall–Kier alpha value is -0.500. The van der Waals surface area contributed by atoms with Crippen molar-refractivity contribution < 1.29 is 4.74 Å². The summed E-state index contributed by atoms with van der Waals surface area (Å²) in [6, 6.07) is 6.48. The maximum Gasteiger partial charge on any atom is 0.119 e. The fraction of sp³-hybridized carbons (Fsp3) is 0.625. The standard InChI is InChI=1S/C16H25BrO/c1-11(2)10-18-15-6-7-16(12(3)8-15)14(5)13(4)9-17/h6-8,11,13-14H,9-10H2,1-5H3. The highest BCUT2D eigenvalue weighted by molar-refractivity contribution is 9.09. The van der Waals surface area contributed by atoms with E-state index in [1.54, 1.807) is 0 Å². The van der Waals surface area contributed by atoms with Gasteiger partial charge in [0.1, 0.15) is 5.75 Å². The number of halogens is 1. The Morgan fingerprint density at radius 2 is 1.83 bits per heavy atom. The van der Waals surface area contributed by atoms with Crippen LogP contribution >= 0.6 is 15.9 Å². The summed E-state index contributed by atoms with van der Waals surface area (Å²) in [5.41, 5.74) is 2.76. The van der Waals surface area contributed by atoms with E-state index in [4.69, 9.17) is 4.74 Å². The zero-order valence-electron chi connectivity index (χ0n) is 12.2. The van der Waals surface area contributed by atoms with Crippen molar-refractivity contribution in [3.05, 3.63) is 29.3 Å². The van der Waals surface area contributed by atoms with Crippen molar-refractivity contribution in [1.82, 2.24) is 0 Å². The zero-order chi connectivity index (χ0) is 13.7. The molecule has 0 aliphatic rings. The van der Waals surface area contributed by atoms with Gasteiger partial charge in [-0.2, -0.15) is 0 Å². The summed E-state index contributed by atoms with van der Waals surface area (Å²) in [7, 11) is 0. The lowest BCUT2D eigenvalue weighted by Gasteiger charge is -2.21. The summed E-state index contributed by atoms with van der Waals surface area (Å²) in [5.74, 6) is 2.77. The van der Waals surface area contributed by atoms with Gasteiger partial charge in [0.15, 0.2) is 0 Å². The monoisotopic (exact) mass is 312 g/mol. The van der Waals surface area contributed by atoms with Crippen molar-refractivity contribution in [3.63, 3.8) is 0 Å². The van der Waals surface area contributed by atoms with Crippen molar-refractivity contribution in [1.29, 1.82) is 0 Å². The van der Waals surface area contributed by atoms with Gasteiger partial charge in [-0.15, -0.1) is 0 Å². The molecule has 102 valence electrons. The molecule has 0 fully saturated rings. The molecule has 1 rings (SSSR count). The Morgan fingerprint density at radius 1 is 1.17 bits per heavy atom. The summed E-state index contributed by atoms with van der Waals surface area (Å²) < 4.78 is 5.76. The third kappa shape index (κ3) is 4.31. The van der Waals surface area contributed by atoms with Crippen LogP contribution in [0, 0.1) is 18.8 Å². The Kier molecular flexibility index (Phi) is 6.20. The van der Waals surface area contributed by atoms with E-state index in [-0.39, 0.29) is 0 Å². The average molecular weight is 313 g/mol. The van der Waals surface area contributed by atoms with Crippen LogP contribution in [0.5, 0.6) is 5.75 Å². The molecule has 2 heteroatoms. The van der Waals surface area contributed by atoms with Gasteiger partial charge in [0.2, 0.25) is 0 Å². The lowest BCUT2D eigenvalue weighted by Crippen LogP contribution is -2.09. The molecule has 0 saturated carbocycles. The highest BCUT2D eigenvalue weighted by Gasteiger charge is 2.15. The summed E-state index contributed by atoms with van der Waals surface area (Å²) in [6.45, 7) is 11.9. The van der Waals surface area contributed by atoms with Crippen LogP contribution in [-0.4, -0.2) is 11.9 Å². The van der Waals surface area contributed by atoms with E-state index >= 15 is 0 Å². The number of ether oxygens (including phenoxy) is 1. The molecule has 0 N–H and O–H groups in total. The van der Waals surface area contributed by atoms with Crippen LogP contribution in [0.1, 0.15) is 44.7 Å². The number of hydrogen-bond donors (Lipinski definition) is 0. The average Bonchev–Trinajstić information content (AvgIpc) is 2.34. The Bertz CT molecular complexity index is 373. The fourth-order valence-corrected chi connectivity index (χ4v) is 2.51. The molecular weight excluding hydrogens is 288 g/mol. The van der Waals surface area contributed by atoms with Crippen molar-refractivity contribution >= 4 is 15.9 Å². The van der Waals surface area contributed by atoms with E-state index in [0.717, 1.165) is 17.7 Å². The minimum atomic E-state index is 0.567. The molecule has 0 saturated heterocycles. The minimum Gasteiger partial charge on any atom is -0.493 e. The van der Waals surface area contributed by atoms with Gasteiger partial charge in [-0.05, 0) is 47.9 Å². The third-order valence-electron chi connectivity index (χ3n) is 3.41. The smallest absolute Gasteiger partial charge is 0.119 e. The van der Waals surface area contributed by atoms with E-state index in [1.165, 1.54) is 11.1 Å². The second-order valence-electron chi connectivity index (χ2n) is 5.64. The van der Waals surface area contributed by atoms with Crippen LogP contribution in [0.25, 0.3) is 0 Å². The first kappa shape index (κ1) is 15.6. The number of hydrogen-bond acceptors (Lipinski definition) is 1. The molecule has 2 unspecified atom stereocenters. The molecule has 0 aliphatic carbocycles. The molecule has 0 amide bonds. The quantitative estimate of drug-likeness (QED) is 0.659. The predicted octanol–water partition coefficient (Wildman–Crippen LogP) is 5.16. The van der Waals surface area contributed by atoms with Crippen LogP contribution in [0.4, 0.5) is 0 Å². The second-order valence-corrected chi connectivity index (χ2v) is 6.29. The first-order valence-corrected chi connectivity index (χ1v) is 7.87. The molecule has 0 aliphatic heterocycles. The molecule has 1 aromatic carbocycles. The van der Waals surface area contributed by atoms with E-state index < -0.39 is 0 Å². The topological polar surface area (TPSA) is 9.23 Å². The number of aryl methyl sites for hydroxylation is 1. The largest absolute Gasteiger partial charge is 0.493 e. The van der Waals surface area contributed by atoms with Gasteiger partial charge in [-0.3, -0.25) is 0 Å². The van der Waals surface area contributed by atoms with Crippen LogP contribution in [0.3, 0.4) is 0 Å². The molecule has 1 nitrogen and oxygen atoms in total. The van der Waals surface area contributed by atoms with Crippen molar-refractivity contribution in [2.75, 3.05) is 11.9 Å². The SMILES string of the molecule is Cc1cc(OCC(C)C)ccc1C(C)C(C)CBr. The summed E-state index contributed by atoms with van der Waals surface area (Å²) in [4.78, 5) is 0. The second kappa shape index (κ2) is 7.18. The fourth-order valence-electron chi connectivity index (χ4n) is 1.95. The summed E-state index contributed by atoms with van der Waals surface area (Å²) in [6.07, 6.45) is 0. The van der Waals surface area contributed by atoms with Crippen LogP contribution in [0.2, 0.25) is 0 Å². The molecular formula is C16H25BrO. The first-order valence-electron chi connectivity index (χ1n) is 6.75. The van der Waals surface area contributed by atoms with Crippen molar-refractivity contribution in [2.24, 2.45) is 11.8 Å².